The SMILES string of the molecule is CC(C)(C)c1cc(C(C)(C)c2ccc(OCC3CO3)c(C(C)(C)C)c2)ccc1OCC1CO1. The van der Waals surface area contributed by atoms with E-state index in [4.69, 9.17) is 18.9 Å². The summed E-state index contributed by atoms with van der Waals surface area (Å²) in [6.07, 6.45) is 0.494. The maximum Gasteiger partial charge on any atom is 0.123 e. The summed E-state index contributed by atoms with van der Waals surface area (Å²) in [5.74, 6) is 1.91. The fraction of sp³-hybridized carbons (Fsp3) is 0.586. The first kappa shape index (κ1) is 24.1. The van der Waals surface area contributed by atoms with Crippen molar-refractivity contribution in [3.63, 3.8) is 0 Å². The zero-order valence-electron chi connectivity index (χ0n) is 21.6. The van der Waals surface area contributed by atoms with Crippen LogP contribution in [0.5, 0.6) is 11.5 Å². The van der Waals surface area contributed by atoms with Gasteiger partial charge in [-0.2, -0.15) is 0 Å². The van der Waals surface area contributed by atoms with Crippen molar-refractivity contribution in [3.05, 3.63) is 58.7 Å². The number of ether oxygens (including phenoxy) is 4. The van der Waals surface area contributed by atoms with Crippen LogP contribution in [0.25, 0.3) is 0 Å². The molecule has 0 bridgehead atoms. The minimum atomic E-state index is -0.170. The molecule has 2 unspecified atom stereocenters. The Labute approximate surface area is 199 Å². The summed E-state index contributed by atoms with van der Waals surface area (Å²) < 4.78 is 22.9. The second-order valence-corrected chi connectivity index (χ2v) is 12.1. The highest BCUT2D eigenvalue weighted by Gasteiger charge is 2.31. The minimum Gasteiger partial charge on any atom is -0.490 e. The Hall–Kier alpha value is -2.04. The predicted octanol–water partition coefficient (Wildman–Crippen LogP) is 6.16. The zero-order valence-corrected chi connectivity index (χ0v) is 21.6. The maximum absolute atomic E-state index is 6.14. The van der Waals surface area contributed by atoms with Gasteiger partial charge < -0.3 is 18.9 Å². The Morgan fingerprint density at radius 1 is 0.667 bits per heavy atom. The molecular formula is C29H40O4. The molecule has 2 aliphatic rings. The van der Waals surface area contributed by atoms with E-state index in [-0.39, 0.29) is 28.5 Å². The van der Waals surface area contributed by atoms with Gasteiger partial charge in [-0.1, -0.05) is 79.7 Å². The van der Waals surface area contributed by atoms with Crippen molar-refractivity contribution < 1.29 is 18.9 Å². The molecule has 2 saturated heterocycles. The average molecular weight is 453 g/mol. The average Bonchev–Trinajstić information content (AvgIpc) is 3.64. The third kappa shape index (κ3) is 5.73. The zero-order chi connectivity index (χ0) is 24.0. The third-order valence-electron chi connectivity index (χ3n) is 6.67. The van der Waals surface area contributed by atoms with E-state index in [2.05, 4.69) is 91.8 Å². The summed E-state index contributed by atoms with van der Waals surface area (Å²) in [4.78, 5) is 0. The highest BCUT2D eigenvalue weighted by Crippen LogP contribution is 2.41. The largest absolute Gasteiger partial charge is 0.490 e. The highest BCUT2D eigenvalue weighted by molar-refractivity contribution is 5.50. The molecule has 0 aliphatic carbocycles. The lowest BCUT2D eigenvalue weighted by Gasteiger charge is -2.32. The van der Waals surface area contributed by atoms with E-state index in [0.29, 0.717) is 13.2 Å². The number of hydrogen-bond donors (Lipinski definition) is 0. The van der Waals surface area contributed by atoms with E-state index in [1.807, 2.05) is 0 Å². The van der Waals surface area contributed by atoms with Crippen LogP contribution in [0.4, 0.5) is 0 Å². The van der Waals surface area contributed by atoms with Gasteiger partial charge in [0, 0.05) is 5.41 Å². The van der Waals surface area contributed by atoms with E-state index in [1.165, 1.54) is 22.3 Å². The van der Waals surface area contributed by atoms with Crippen molar-refractivity contribution in [1.29, 1.82) is 0 Å². The Morgan fingerprint density at radius 2 is 1.03 bits per heavy atom. The van der Waals surface area contributed by atoms with E-state index < -0.39 is 0 Å². The van der Waals surface area contributed by atoms with Crippen LogP contribution in [-0.2, 0) is 25.7 Å². The predicted molar refractivity (Wildman–Crippen MR) is 133 cm³/mol. The molecule has 2 fully saturated rings. The summed E-state index contributed by atoms with van der Waals surface area (Å²) in [5, 5.41) is 0. The normalized spacial score (nSPS) is 20.5. The molecule has 2 aliphatic heterocycles. The van der Waals surface area contributed by atoms with Gasteiger partial charge in [0.25, 0.3) is 0 Å². The number of epoxide rings is 2. The van der Waals surface area contributed by atoms with Gasteiger partial charge in [0.15, 0.2) is 0 Å². The molecule has 0 saturated carbocycles. The molecule has 4 heteroatoms. The van der Waals surface area contributed by atoms with Gasteiger partial charge in [0.1, 0.15) is 36.9 Å². The fourth-order valence-corrected chi connectivity index (χ4v) is 4.12. The quantitative estimate of drug-likeness (QED) is 0.450. The van der Waals surface area contributed by atoms with Crippen molar-refractivity contribution in [1.82, 2.24) is 0 Å². The molecule has 0 aromatic heterocycles. The first-order valence-electron chi connectivity index (χ1n) is 12.1. The molecule has 4 rings (SSSR count). The number of rotatable bonds is 8. The summed E-state index contributed by atoms with van der Waals surface area (Å²) in [6, 6.07) is 13.4. The Morgan fingerprint density at radius 3 is 1.33 bits per heavy atom. The van der Waals surface area contributed by atoms with Gasteiger partial charge in [-0.15, -0.1) is 0 Å². The van der Waals surface area contributed by atoms with E-state index in [9.17, 15) is 0 Å². The molecule has 33 heavy (non-hydrogen) atoms. The van der Waals surface area contributed by atoms with Gasteiger partial charge in [0.05, 0.1) is 13.2 Å². The van der Waals surface area contributed by atoms with Crippen LogP contribution in [-0.4, -0.2) is 38.6 Å². The summed E-state index contributed by atoms with van der Waals surface area (Å²) in [7, 11) is 0. The van der Waals surface area contributed by atoms with Crippen molar-refractivity contribution in [2.24, 2.45) is 0 Å². The molecule has 2 atom stereocenters. The second kappa shape index (κ2) is 8.63. The Kier molecular flexibility index (Phi) is 6.30. The topological polar surface area (TPSA) is 43.5 Å². The summed E-state index contributed by atoms with van der Waals surface area (Å²) >= 11 is 0. The van der Waals surface area contributed by atoms with Crippen molar-refractivity contribution in [3.8, 4) is 11.5 Å². The lowest BCUT2D eigenvalue weighted by molar-refractivity contribution is 0.258. The van der Waals surface area contributed by atoms with Crippen molar-refractivity contribution in [2.75, 3.05) is 26.4 Å². The van der Waals surface area contributed by atoms with Crippen LogP contribution in [0.2, 0.25) is 0 Å². The fourth-order valence-electron chi connectivity index (χ4n) is 4.12. The van der Waals surface area contributed by atoms with Crippen LogP contribution in [0.1, 0.15) is 77.6 Å². The maximum atomic E-state index is 6.14. The molecule has 4 nitrogen and oxygen atoms in total. The van der Waals surface area contributed by atoms with Crippen molar-refractivity contribution >= 4 is 0 Å². The van der Waals surface area contributed by atoms with E-state index in [0.717, 1.165) is 24.7 Å². The Bertz CT molecular complexity index is 906. The monoisotopic (exact) mass is 452 g/mol. The molecule has 180 valence electrons. The minimum absolute atomic E-state index is 0.0228. The first-order chi connectivity index (χ1) is 15.4. The highest BCUT2D eigenvalue weighted by atomic mass is 16.6. The van der Waals surface area contributed by atoms with Gasteiger partial charge in [-0.3, -0.25) is 0 Å². The number of hydrogen-bond acceptors (Lipinski definition) is 4. The molecular weight excluding hydrogens is 412 g/mol. The third-order valence-corrected chi connectivity index (χ3v) is 6.67. The molecule has 2 aromatic carbocycles. The molecule has 2 heterocycles. The standard InChI is InChI=1S/C29H40O4/c1-27(2,3)23-13-19(9-11-25(23)32-17-21-15-30-21)29(7,8)20-10-12-26(33-18-22-16-31-22)24(14-20)28(4,5)6/h9-14,21-22H,15-18H2,1-8H3. The molecule has 0 amide bonds. The molecule has 2 aromatic rings. The van der Waals surface area contributed by atoms with Crippen LogP contribution < -0.4 is 9.47 Å². The molecule has 0 radical (unpaired) electrons. The smallest absolute Gasteiger partial charge is 0.123 e. The van der Waals surface area contributed by atoms with Gasteiger partial charge in [-0.25, -0.2) is 0 Å². The van der Waals surface area contributed by atoms with Crippen LogP contribution in [0, 0.1) is 0 Å². The number of benzene rings is 2. The van der Waals surface area contributed by atoms with E-state index >= 15 is 0 Å². The lowest BCUT2D eigenvalue weighted by atomic mass is 9.73. The second-order valence-electron chi connectivity index (χ2n) is 12.1. The molecule has 0 spiro atoms. The van der Waals surface area contributed by atoms with E-state index in [1.54, 1.807) is 0 Å². The lowest BCUT2D eigenvalue weighted by Crippen LogP contribution is -2.23. The van der Waals surface area contributed by atoms with Gasteiger partial charge >= 0.3 is 0 Å². The van der Waals surface area contributed by atoms with Crippen LogP contribution in [0.15, 0.2) is 36.4 Å². The molecule has 0 N–H and O–H groups in total. The van der Waals surface area contributed by atoms with Crippen LogP contribution in [0.3, 0.4) is 0 Å². The first-order valence-corrected chi connectivity index (χ1v) is 12.1. The summed E-state index contributed by atoms with van der Waals surface area (Å²) in [5.41, 5.74) is 4.81. The van der Waals surface area contributed by atoms with Crippen LogP contribution >= 0.6 is 0 Å². The summed E-state index contributed by atoms with van der Waals surface area (Å²) in [6.45, 7) is 20.9. The van der Waals surface area contributed by atoms with Gasteiger partial charge in [-0.05, 0) is 45.2 Å². The Balaban J connectivity index is 1.67. The van der Waals surface area contributed by atoms with Gasteiger partial charge in [0.2, 0.25) is 0 Å². The van der Waals surface area contributed by atoms with Crippen molar-refractivity contribution in [2.45, 2.75) is 83.8 Å².